The Morgan fingerprint density at radius 3 is 2.94 bits per heavy atom. The summed E-state index contributed by atoms with van der Waals surface area (Å²) in [5, 5.41) is 3.99. The number of ether oxygens (including phenoxy) is 1. The van der Waals surface area contributed by atoms with Crippen LogP contribution in [0.4, 0.5) is 0 Å². The van der Waals surface area contributed by atoms with Crippen LogP contribution < -0.4 is 10.1 Å². The molecular formula is C14H16BrNO2. The van der Waals surface area contributed by atoms with Gasteiger partial charge in [-0.05, 0) is 30.9 Å². The second kappa shape index (κ2) is 4.57. The molecule has 1 aromatic carbocycles. The van der Waals surface area contributed by atoms with Crippen LogP contribution in [0.5, 0.6) is 5.75 Å². The Morgan fingerprint density at radius 2 is 2.22 bits per heavy atom. The molecule has 3 rings (SSSR count). The molecule has 0 radical (unpaired) electrons. The van der Waals surface area contributed by atoms with Crippen molar-refractivity contribution in [3.8, 4) is 5.75 Å². The molecule has 0 aromatic heterocycles. The fraction of sp³-hybridized carbons (Fsp3) is 0.500. The van der Waals surface area contributed by atoms with Crippen LogP contribution in [-0.2, 0) is 11.2 Å². The zero-order valence-corrected chi connectivity index (χ0v) is 11.7. The van der Waals surface area contributed by atoms with E-state index >= 15 is 0 Å². The number of fused-ring (bicyclic) bond motifs is 1. The third-order valence-corrected chi connectivity index (χ3v) is 4.82. The monoisotopic (exact) mass is 309 g/mol. The Balaban J connectivity index is 1.67. The van der Waals surface area contributed by atoms with Gasteiger partial charge in [-0.25, -0.2) is 0 Å². The van der Waals surface area contributed by atoms with Gasteiger partial charge >= 0.3 is 0 Å². The van der Waals surface area contributed by atoms with Crippen LogP contribution >= 0.6 is 15.9 Å². The average molecular weight is 310 g/mol. The molecule has 1 atom stereocenters. The van der Waals surface area contributed by atoms with Gasteiger partial charge in [0.25, 0.3) is 0 Å². The first-order valence-corrected chi connectivity index (χ1v) is 7.43. The standard InChI is InChI=1S/C14H16BrNO2/c15-9-14(5-6-14)16-13(17)11-7-10-3-1-2-4-12(10)18-8-11/h1-4,11H,5-9H2,(H,16,17). The summed E-state index contributed by atoms with van der Waals surface area (Å²) in [5.41, 5.74) is 1.15. The van der Waals surface area contributed by atoms with Crippen LogP contribution in [0, 0.1) is 5.92 Å². The summed E-state index contributed by atoms with van der Waals surface area (Å²) in [6, 6.07) is 7.95. The largest absolute Gasteiger partial charge is 0.492 e. The number of carbonyl (C=O) groups is 1. The van der Waals surface area contributed by atoms with Crippen LogP contribution in [0.2, 0.25) is 0 Å². The van der Waals surface area contributed by atoms with Crippen molar-refractivity contribution < 1.29 is 9.53 Å². The molecule has 1 aromatic rings. The Labute approximate surface area is 115 Å². The van der Waals surface area contributed by atoms with Crippen molar-refractivity contribution >= 4 is 21.8 Å². The smallest absolute Gasteiger partial charge is 0.227 e. The van der Waals surface area contributed by atoms with Gasteiger partial charge in [-0.2, -0.15) is 0 Å². The summed E-state index contributed by atoms with van der Waals surface area (Å²) in [7, 11) is 0. The van der Waals surface area contributed by atoms with Crippen molar-refractivity contribution in [3.05, 3.63) is 29.8 Å². The highest BCUT2D eigenvalue weighted by Crippen LogP contribution is 2.37. The number of alkyl halides is 1. The number of nitrogens with one attached hydrogen (secondary N) is 1. The molecule has 1 unspecified atom stereocenters. The van der Waals surface area contributed by atoms with Gasteiger partial charge < -0.3 is 10.1 Å². The number of para-hydroxylation sites is 1. The van der Waals surface area contributed by atoms with E-state index in [9.17, 15) is 4.79 Å². The molecule has 1 N–H and O–H groups in total. The molecule has 0 bridgehead atoms. The Bertz CT molecular complexity index is 471. The molecule has 3 nitrogen and oxygen atoms in total. The molecule has 0 spiro atoms. The Morgan fingerprint density at radius 1 is 1.44 bits per heavy atom. The number of amides is 1. The second-order valence-electron chi connectivity index (χ2n) is 5.22. The number of hydrogen-bond donors (Lipinski definition) is 1. The van der Waals surface area contributed by atoms with Crippen molar-refractivity contribution in [2.24, 2.45) is 5.92 Å². The first-order chi connectivity index (χ1) is 8.72. The fourth-order valence-electron chi connectivity index (χ4n) is 2.30. The van der Waals surface area contributed by atoms with Crippen LogP contribution in [0.1, 0.15) is 18.4 Å². The predicted molar refractivity (Wildman–Crippen MR) is 73.0 cm³/mol. The quantitative estimate of drug-likeness (QED) is 0.870. The van der Waals surface area contributed by atoms with Crippen LogP contribution in [0.15, 0.2) is 24.3 Å². The minimum absolute atomic E-state index is 0.0219. The van der Waals surface area contributed by atoms with E-state index in [-0.39, 0.29) is 17.4 Å². The first-order valence-electron chi connectivity index (χ1n) is 6.31. The van der Waals surface area contributed by atoms with Crippen molar-refractivity contribution in [1.82, 2.24) is 5.32 Å². The van der Waals surface area contributed by atoms with Crippen LogP contribution in [0.3, 0.4) is 0 Å². The van der Waals surface area contributed by atoms with Gasteiger partial charge in [0.15, 0.2) is 0 Å². The van der Waals surface area contributed by atoms with Crippen molar-refractivity contribution in [1.29, 1.82) is 0 Å². The zero-order valence-electron chi connectivity index (χ0n) is 10.1. The highest BCUT2D eigenvalue weighted by atomic mass is 79.9. The number of rotatable bonds is 3. The van der Waals surface area contributed by atoms with E-state index in [0.29, 0.717) is 6.61 Å². The van der Waals surface area contributed by atoms with Crippen molar-refractivity contribution in [2.75, 3.05) is 11.9 Å². The van der Waals surface area contributed by atoms with E-state index in [1.54, 1.807) is 0 Å². The number of halogens is 1. The van der Waals surface area contributed by atoms with Gasteiger partial charge in [0.2, 0.25) is 5.91 Å². The molecule has 18 heavy (non-hydrogen) atoms. The lowest BCUT2D eigenvalue weighted by Gasteiger charge is -2.26. The molecule has 4 heteroatoms. The molecule has 96 valence electrons. The lowest BCUT2D eigenvalue weighted by Crippen LogP contribution is -2.44. The lowest BCUT2D eigenvalue weighted by molar-refractivity contribution is -0.127. The SMILES string of the molecule is O=C(NC1(CBr)CC1)C1COc2ccccc2C1. The molecule has 1 amide bonds. The van der Waals surface area contributed by atoms with Gasteiger partial charge in [0.1, 0.15) is 12.4 Å². The average Bonchev–Trinajstić information content (AvgIpc) is 3.18. The Hall–Kier alpha value is -1.03. The number of carbonyl (C=O) groups excluding carboxylic acids is 1. The third-order valence-electron chi connectivity index (χ3n) is 3.75. The summed E-state index contributed by atoms with van der Waals surface area (Å²) < 4.78 is 5.65. The molecule has 1 saturated carbocycles. The summed E-state index contributed by atoms with van der Waals surface area (Å²) in [4.78, 5) is 12.2. The van der Waals surface area contributed by atoms with E-state index in [0.717, 1.165) is 35.9 Å². The number of hydrogen-bond acceptors (Lipinski definition) is 2. The molecule has 1 heterocycles. The summed E-state index contributed by atoms with van der Waals surface area (Å²) in [5.74, 6) is 0.987. The maximum atomic E-state index is 12.2. The summed E-state index contributed by atoms with van der Waals surface area (Å²) in [6.45, 7) is 0.487. The molecular weight excluding hydrogens is 294 g/mol. The van der Waals surface area contributed by atoms with Gasteiger partial charge in [0.05, 0.1) is 5.92 Å². The Kier molecular flexibility index (Phi) is 3.06. The summed E-state index contributed by atoms with van der Waals surface area (Å²) >= 11 is 3.47. The van der Waals surface area contributed by atoms with E-state index in [4.69, 9.17) is 4.74 Å². The van der Waals surface area contributed by atoms with Gasteiger partial charge in [0, 0.05) is 10.9 Å². The van der Waals surface area contributed by atoms with Gasteiger partial charge in [-0.15, -0.1) is 0 Å². The van der Waals surface area contributed by atoms with Gasteiger partial charge in [-0.3, -0.25) is 4.79 Å². The maximum Gasteiger partial charge on any atom is 0.227 e. The van der Waals surface area contributed by atoms with Crippen LogP contribution in [-0.4, -0.2) is 23.4 Å². The highest BCUT2D eigenvalue weighted by molar-refractivity contribution is 9.09. The minimum atomic E-state index is -0.0589. The normalized spacial score (nSPS) is 23.7. The summed E-state index contributed by atoms with van der Waals surface area (Å²) in [6.07, 6.45) is 2.93. The first kappa shape index (κ1) is 12.0. The van der Waals surface area contributed by atoms with Crippen molar-refractivity contribution in [3.63, 3.8) is 0 Å². The van der Waals surface area contributed by atoms with E-state index in [2.05, 4.69) is 21.2 Å². The van der Waals surface area contributed by atoms with E-state index in [1.165, 1.54) is 0 Å². The third kappa shape index (κ3) is 2.26. The molecule has 1 fully saturated rings. The van der Waals surface area contributed by atoms with E-state index in [1.807, 2.05) is 24.3 Å². The minimum Gasteiger partial charge on any atom is -0.492 e. The predicted octanol–water partition coefficient (Wildman–Crippen LogP) is 2.28. The maximum absolute atomic E-state index is 12.2. The topological polar surface area (TPSA) is 38.3 Å². The van der Waals surface area contributed by atoms with Crippen molar-refractivity contribution in [2.45, 2.75) is 24.8 Å². The zero-order chi connectivity index (χ0) is 12.6. The van der Waals surface area contributed by atoms with Crippen LogP contribution in [0.25, 0.3) is 0 Å². The highest BCUT2D eigenvalue weighted by Gasteiger charge is 2.44. The van der Waals surface area contributed by atoms with E-state index < -0.39 is 0 Å². The molecule has 1 aliphatic heterocycles. The van der Waals surface area contributed by atoms with Gasteiger partial charge in [-0.1, -0.05) is 34.1 Å². The number of benzene rings is 1. The second-order valence-corrected chi connectivity index (χ2v) is 5.78. The molecule has 1 aliphatic carbocycles. The fourth-order valence-corrected chi connectivity index (χ4v) is 3.00. The molecule has 2 aliphatic rings. The lowest BCUT2D eigenvalue weighted by atomic mass is 9.96. The molecule has 0 saturated heterocycles.